The zero-order valence-electron chi connectivity index (χ0n) is 9.02. The summed E-state index contributed by atoms with van der Waals surface area (Å²) in [6, 6.07) is 0. The second-order valence-corrected chi connectivity index (χ2v) is 4.89. The van der Waals surface area contributed by atoms with Crippen LogP contribution in [-0.4, -0.2) is 38.9 Å². The highest BCUT2D eigenvalue weighted by atomic mass is 16.5. The van der Waals surface area contributed by atoms with Crippen LogP contribution < -0.4 is 10.6 Å². The van der Waals surface area contributed by atoms with Gasteiger partial charge in [0, 0.05) is 26.2 Å². The third-order valence-electron chi connectivity index (χ3n) is 2.03. The van der Waals surface area contributed by atoms with E-state index in [1.807, 2.05) is 0 Å². The van der Waals surface area contributed by atoms with Gasteiger partial charge in [0.2, 0.25) is 0 Å². The molecule has 78 valence electrons. The quantitative estimate of drug-likeness (QED) is 0.677. The molecule has 0 aromatic heterocycles. The monoisotopic (exact) mass is 186 g/mol. The predicted octanol–water partition coefficient (Wildman–Crippen LogP) is 0.611. The summed E-state index contributed by atoms with van der Waals surface area (Å²) < 4.78 is 5.57. The van der Waals surface area contributed by atoms with Crippen LogP contribution in [0.2, 0.25) is 0 Å². The highest BCUT2D eigenvalue weighted by Gasteiger charge is 2.14. The maximum atomic E-state index is 5.57. The maximum absolute atomic E-state index is 5.57. The van der Waals surface area contributed by atoms with Crippen molar-refractivity contribution in [3.63, 3.8) is 0 Å². The van der Waals surface area contributed by atoms with E-state index in [9.17, 15) is 0 Å². The van der Waals surface area contributed by atoms with Crippen LogP contribution in [0.4, 0.5) is 0 Å². The lowest BCUT2D eigenvalue weighted by Gasteiger charge is -2.26. The lowest BCUT2D eigenvalue weighted by Crippen LogP contribution is -2.45. The summed E-state index contributed by atoms with van der Waals surface area (Å²) in [5.74, 6) is 0. The molecule has 0 amide bonds. The Morgan fingerprint density at radius 2 is 2.23 bits per heavy atom. The van der Waals surface area contributed by atoms with Crippen molar-refractivity contribution in [2.75, 3.05) is 32.8 Å². The van der Waals surface area contributed by atoms with Crippen LogP contribution >= 0.6 is 0 Å². The smallest absolute Gasteiger partial charge is 0.0824 e. The second kappa shape index (κ2) is 4.94. The Balaban J connectivity index is 2.04. The minimum absolute atomic E-state index is 0.357. The Morgan fingerprint density at radius 3 is 2.77 bits per heavy atom. The topological polar surface area (TPSA) is 33.3 Å². The first kappa shape index (κ1) is 11.0. The van der Waals surface area contributed by atoms with Crippen molar-refractivity contribution < 1.29 is 4.74 Å². The van der Waals surface area contributed by atoms with Crippen molar-refractivity contribution in [2.45, 2.75) is 26.9 Å². The van der Waals surface area contributed by atoms with Gasteiger partial charge in [0.1, 0.15) is 0 Å². The zero-order chi connectivity index (χ0) is 9.73. The normalized spacial score (nSPS) is 24.7. The number of ether oxygens (including phenoxy) is 1. The van der Waals surface area contributed by atoms with Gasteiger partial charge in [-0.25, -0.2) is 0 Å². The average Bonchev–Trinajstić information content (AvgIpc) is 2.04. The summed E-state index contributed by atoms with van der Waals surface area (Å²) >= 11 is 0. The zero-order valence-corrected chi connectivity index (χ0v) is 9.02. The molecule has 1 aliphatic heterocycles. The van der Waals surface area contributed by atoms with Gasteiger partial charge in [-0.2, -0.15) is 0 Å². The van der Waals surface area contributed by atoms with Gasteiger partial charge in [0.05, 0.1) is 12.7 Å². The fraction of sp³-hybridized carbons (Fsp3) is 1.00. The van der Waals surface area contributed by atoms with Crippen LogP contribution in [0.25, 0.3) is 0 Å². The molecule has 0 aromatic rings. The molecule has 0 aliphatic carbocycles. The molecular weight excluding hydrogens is 164 g/mol. The van der Waals surface area contributed by atoms with Gasteiger partial charge in [-0.05, 0) is 5.41 Å². The molecule has 2 N–H and O–H groups in total. The molecule has 0 unspecified atom stereocenters. The molecule has 1 heterocycles. The van der Waals surface area contributed by atoms with Crippen molar-refractivity contribution in [3.05, 3.63) is 0 Å². The van der Waals surface area contributed by atoms with Crippen LogP contribution in [0.5, 0.6) is 0 Å². The van der Waals surface area contributed by atoms with Crippen molar-refractivity contribution in [1.82, 2.24) is 10.6 Å². The Labute approximate surface area is 81.2 Å². The van der Waals surface area contributed by atoms with E-state index in [0.717, 1.165) is 32.8 Å². The van der Waals surface area contributed by atoms with Crippen molar-refractivity contribution in [2.24, 2.45) is 5.41 Å². The van der Waals surface area contributed by atoms with E-state index >= 15 is 0 Å². The molecule has 0 bridgehead atoms. The Kier molecular flexibility index (Phi) is 4.16. The molecule has 0 aromatic carbocycles. The number of nitrogens with one attached hydrogen (secondary N) is 2. The van der Waals surface area contributed by atoms with Gasteiger partial charge in [-0.3, -0.25) is 0 Å². The third-order valence-corrected chi connectivity index (χ3v) is 2.03. The molecule has 1 fully saturated rings. The first-order chi connectivity index (χ1) is 6.08. The van der Waals surface area contributed by atoms with Crippen LogP contribution in [-0.2, 0) is 4.74 Å². The Bertz CT molecular complexity index is 136. The summed E-state index contributed by atoms with van der Waals surface area (Å²) in [7, 11) is 0. The number of hydrogen-bond acceptors (Lipinski definition) is 3. The van der Waals surface area contributed by atoms with Crippen LogP contribution in [0.3, 0.4) is 0 Å². The lowest BCUT2D eigenvalue weighted by molar-refractivity contribution is 0.0282. The average molecular weight is 186 g/mol. The molecular formula is C10H22N2O. The summed E-state index contributed by atoms with van der Waals surface area (Å²) in [4.78, 5) is 0. The maximum Gasteiger partial charge on any atom is 0.0824 e. The molecule has 1 saturated heterocycles. The van der Waals surface area contributed by atoms with Crippen LogP contribution in [0.15, 0.2) is 0 Å². The summed E-state index contributed by atoms with van der Waals surface area (Å²) in [6.07, 6.45) is 0.357. The molecule has 0 saturated carbocycles. The van der Waals surface area contributed by atoms with Gasteiger partial charge in [-0.15, -0.1) is 0 Å². The van der Waals surface area contributed by atoms with E-state index in [0.29, 0.717) is 11.5 Å². The van der Waals surface area contributed by atoms with Gasteiger partial charge < -0.3 is 15.4 Å². The largest absolute Gasteiger partial charge is 0.374 e. The van der Waals surface area contributed by atoms with E-state index < -0.39 is 0 Å². The minimum atomic E-state index is 0.357. The molecule has 1 rings (SSSR count). The lowest BCUT2D eigenvalue weighted by atomic mass is 9.97. The molecule has 13 heavy (non-hydrogen) atoms. The number of rotatable bonds is 3. The summed E-state index contributed by atoms with van der Waals surface area (Å²) in [5, 5.41) is 6.75. The standard InChI is InChI=1S/C10H22N2O/c1-10(2,3)8-12-7-9-6-11-4-5-13-9/h9,11-12H,4-8H2,1-3H3/t9-/m0/s1. The minimum Gasteiger partial charge on any atom is -0.374 e. The van der Waals surface area contributed by atoms with E-state index in [4.69, 9.17) is 4.74 Å². The van der Waals surface area contributed by atoms with Crippen molar-refractivity contribution >= 4 is 0 Å². The predicted molar refractivity (Wildman–Crippen MR) is 54.9 cm³/mol. The molecule has 0 radical (unpaired) electrons. The fourth-order valence-electron chi connectivity index (χ4n) is 1.36. The van der Waals surface area contributed by atoms with Gasteiger partial charge in [0.25, 0.3) is 0 Å². The van der Waals surface area contributed by atoms with Gasteiger partial charge in [0.15, 0.2) is 0 Å². The second-order valence-electron chi connectivity index (χ2n) is 4.89. The molecule has 0 spiro atoms. The van der Waals surface area contributed by atoms with Gasteiger partial charge in [-0.1, -0.05) is 20.8 Å². The third kappa shape index (κ3) is 5.24. The molecule has 1 aliphatic rings. The van der Waals surface area contributed by atoms with E-state index in [-0.39, 0.29) is 0 Å². The number of hydrogen-bond donors (Lipinski definition) is 2. The Hall–Kier alpha value is -0.120. The SMILES string of the molecule is CC(C)(C)CNC[C@@H]1CNCCO1. The van der Waals surface area contributed by atoms with E-state index in [1.54, 1.807) is 0 Å². The van der Waals surface area contributed by atoms with E-state index in [2.05, 4.69) is 31.4 Å². The highest BCUT2D eigenvalue weighted by Crippen LogP contribution is 2.10. The molecule has 3 heteroatoms. The van der Waals surface area contributed by atoms with E-state index in [1.165, 1.54) is 0 Å². The molecule has 1 atom stereocenters. The first-order valence-corrected chi connectivity index (χ1v) is 5.11. The molecule has 3 nitrogen and oxygen atoms in total. The van der Waals surface area contributed by atoms with Crippen LogP contribution in [0.1, 0.15) is 20.8 Å². The first-order valence-electron chi connectivity index (χ1n) is 5.11. The Morgan fingerprint density at radius 1 is 1.46 bits per heavy atom. The summed E-state index contributed by atoms with van der Waals surface area (Å²) in [5.41, 5.74) is 0.363. The highest BCUT2D eigenvalue weighted by molar-refractivity contribution is 4.72. The van der Waals surface area contributed by atoms with Crippen LogP contribution in [0, 0.1) is 5.41 Å². The summed E-state index contributed by atoms with van der Waals surface area (Å²) in [6.45, 7) is 11.5. The van der Waals surface area contributed by atoms with Crippen molar-refractivity contribution in [3.8, 4) is 0 Å². The number of morpholine rings is 1. The fourth-order valence-corrected chi connectivity index (χ4v) is 1.36. The van der Waals surface area contributed by atoms with Gasteiger partial charge >= 0.3 is 0 Å². The van der Waals surface area contributed by atoms with Crippen molar-refractivity contribution in [1.29, 1.82) is 0 Å².